The maximum atomic E-state index is 13.5. The van der Waals surface area contributed by atoms with E-state index in [1.54, 1.807) is 0 Å². The summed E-state index contributed by atoms with van der Waals surface area (Å²) in [4.78, 5) is 0. The molecule has 0 unspecified atom stereocenters. The van der Waals surface area contributed by atoms with Crippen molar-refractivity contribution < 1.29 is 36.6 Å². The number of rotatable bonds is 1. The molecule has 2 rings (SSSR count). The maximum absolute atomic E-state index is 13.5. The number of benzene rings is 2. The number of hydrogen-bond acceptors (Lipinski definition) is 2. The molecule has 8 heteroatoms. The molecule has 0 atom stereocenters. The third kappa shape index (κ3) is 3.20. The zero-order chi connectivity index (χ0) is 20.2. The van der Waals surface area contributed by atoms with Crippen LogP contribution in [0.3, 0.4) is 0 Å². The molecule has 0 aliphatic carbocycles. The van der Waals surface area contributed by atoms with Gasteiger partial charge in [-0.05, 0) is 73.2 Å². The second kappa shape index (κ2) is 6.10. The first kappa shape index (κ1) is 19.9. The van der Waals surface area contributed by atoms with Crippen LogP contribution in [0.5, 0.6) is 11.5 Å². The molecular formula is C18H16F6O2. The lowest BCUT2D eigenvalue weighted by Gasteiger charge is -2.24. The van der Waals surface area contributed by atoms with Crippen molar-refractivity contribution in [3.05, 3.63) is 45.5 Å². The van der Waals surface area contributed by atoms with Crippen molar-refractivity contribution in [3.8, 4) is 22.6 Å². The lowest BCUT2D eigenvalue weighted by Crippen LogP contribution is -2.14. The highest BCUT2D eigenvalue weighted by Crippen LogP contribution is 2.49. The van der Waals surface area contributed by atoms with E-state index in [0.717, 1.165) is 0 Å². The summed E-state index contributed by atoms with van der Waals surface area (Å²) in [6.07, 6.45) is -9.96. The molecule has 0 bridgehead atoms. The molecule has 0 radical (unpaired) electrons. The van der Waals surface area contributed by atoms with Crippen LogP contribution in [0.15, 0.2) is 12.1 Å². The van der Waals surface area contributed by atoms with Crippen LogP contribution < -0.4 is 0 Å². The fourth-order valence-electron chi connectivity index (χ4n) is 2.89. The summed E-state index contributed by atoms with van der Waals surface area (Å²) in [6, 6.07) is 0.860. The van der Waals surface area contributed by atoms with Crippen LogP contribution in [-0.4, -0.2) is 10.2 Å². The van der Waals surface area contributed by atoms with Gasteiger partial charge in [-0.1, -0.05) is 0 Å². The van der Waals surface area contributed by atoms with Gasteiger partial charge in [-0.25, -0.2) is 0 Å². The van der Waals surface area contributed by atoms with E-state index >= 15 is 0 Å². The second-order valence-electron chi connectivity index (χ2n) is 6.13. The maximum Gasteiger partial charge on any atom is 0.417 e. The predicted octanol–water partition coefficient (Wildman–Crippen LogP) is 6.04. The van der Waals surface area contributed by atoms with Gasteiger partial charge in [-0.2, -0.15) is 26.3 Å². The average Bonchev–Trinajstić information content (AvgIpc) is 2.49. The second-order valence-corrected chi connectivity index (χ2v) is 6.13. The van der Waals surface area contributed by atoms with Crippen LogP contribution in [0, 0.1) is 27.7 Å². The summed E-state index contributed by atoms with van der Waals surface area (Å²) in [5.41, 5.74) is -4.17. The van der Waals surface area contributed by atoms with Gasteiger partial charge in [0.15, 0.2) is 0 Å². The van der Waals surface area contributed by atoms with Crippen LogP contribution >= 0.6 is 0 Å². The van der Waals surface area contributed by atoms with Gasteiger partial charge < -0.3 is 10.2 Å². The molecule has 142 valence electrons. The molecule has 0 spiro atoms. The smallest absolute Gasteiger partial charge is 0.417 e. The third-order valence-corrected chi connectivity index (χ3v) is 4.61. The Balaban J connectivity index is 3.12. The summed E-state index contributed by atoms with van der Waals surface area (Å²) in [6.45, 7) is 5.09. The fraction of sp³-hybridized carbons (Fsp3) is 0.333. The molecule has 0 saturated carbocycles. The Labute approximate surface area is 145 Å². The van der Waals surface area contributed by atoms with Crippen molar-refractivity contribution in [1.82, 2.24) is 0 Å². The van der Waals surface area contributed by atoms with E-state index in [2.05, 4.69) is 0 Å². The monoisotopic (exact) mass is 378 g/mol. The minimum absolute atomic E-state index is 0.0475. The molecule has 2 nitrogen and oxygen atoms in total. The Morgan fingerprint density at radius 1 is 0.577 bits per heavy atom. The zero-order valence-electron chi connectivity index (χ0n) is 14.3. The van der Waals surface area contributed by atoms with E-state index in [9.17, 15) is 36.6 Å². The first-order valence-corrected chi connectivity index (χ1v) is 7.49. The Hall–Kier alpha value is -2.38. The van der Waals surface area contributed by atoms with Crippen LogP contribution in [0.2, 0.25) is 0 Å². The number of hydrogen-bond donors (Lipinski definition) is 2. The number of aromatic hydroxyl groups is 2. The van der Waals surface area contributed by atoms with Crippen LogP contribution in [-0.2, 0) is 12.4 Å². The van der Waals surface area contributed by atoms with E-state index in [0.29, 0.717) is 12.1 Å². The third-order valence-electron chi connectivity index (χ3n) is 4.61. The summed E-state index contributed by atoms with van der Waals surface area (Å²) in [7, 11) is 0. The first-order chi connectivity index (χ1) is 11.7. The van der Waals surface area contributed by atoms with Gasteiger partial charge in [0.25, 0.3) is 0 Å². The molecule has 26 heavy (non-hydrogen) atoms. The van der Waals surface area contributed by atoms with E-state index in [1.807, 2.05) is 0 Å². The number of phenols is 2. The Morgan fingerprint density at radius 2 is 0.846 bits per heavy atom. The van der Waals surface area contributed by atoms with Crippen molar-refractivity contribution in [2.75, 3.05) is 0 Å². The molecule has 2 aromatic rings. The van der Waals surface area contributed by atoms with Gasteiger partial charge in [-0.15, -0.1) is 0 Å². The highest BCUT2D eigenvalue weighted by molar-refractivity contribution is 5.81. The zero-order valence-corrected chi connectivity index (χ0v) is 14.3. The molecule has 0 aliphatic rings. The van der Waals surface area contributed by atoms with Crippen molar-refractivity contribution in [1.29, 1.82) is 0 Å². The van der Waals surface area contributed by atoms with Crippen molar-refractivity contribution in [2.45, 2.75) is 40.0 Å². The molecular weight excluding hydrogens is 362 g/mol. The highest BCUT2D eigenvalue weighted by atomic mass is 19.4. The lowest BCUT2D eigenvalue weighted by molar-refractivity contribution is -0.139. The average molecular weight is 378 g/mol. The van der Waals surface area contributed by atoms with Crippen molar-refractivity contribution in [2.24, 2.45) is 0 Å². The highest BCUT2D eigenvalue weighted by Gasteiger charge is 2.41. The van der Waals surface area contributed by atoms with Gasteiger partial charge in [0, 0.05) is 0 Å². The largest absolute Gasteiger partial charge is 0.508 e. The van der Waals surface area contributed by atoms with E-state index in [4.69, 9.17) is 0 Å². The predicted molar refractivity (Wildman–Crippen MR) is 84.2 cm³/mol. The Kier molecular flexibility index (Phi) is 4.68. The van der Waals surface area contributed by atoms with Gasteiger partial charge in [0.2, 0.25) is 0 Å². The molecule has 2 N–H and O–H groups in total. The van der Waals surface area contributed by atoms with Gasteiger partial charge in [0.05, 0.1) is 11.1 Å². The Bertz CT molecular complexity index is 806. The Morgan fingerprint density at radius 3 is 1.08 bits per heavy atom. The summed E-state index contributed by atoms with van der Waals surface area (Å²) >= 11 is 0. The molecule has 2 aromatic carbocycles. The van der Waals surface area contributed by atoms with E-state index in [-0.39, 0.29) is 22.3 Å². The van der Waals surface area contributed by atoms with E-state index in [1.165, 1.54) is 27.7 Å². The summed E-state index contributed by atoms with van der Waals surface area (Å²) < 4.78 is 81.1. The van der Waals surface area contributed by atoms with Crippen molar-refractivity contribution >= 4 is 0 Å². The lowest BCUT2D eigenvalue weighted by atomic mass is 9.84. The normalized spacial score (nSPS) is 12.5. The molecule has 0 aliphatic heterocycles. The topological polar surface area (TPSA) is 40.5 Å². The quantitative estimate of drug-likeness (QED) is 0.595. The van der Waals surface area contributed by atoms with Crippen molar-refractivity contribution in [3.63, 3.8) is 0 Å². The molecule has 0 heterocycles. The summed E-state index contributed by atoms with van der Waals surface area (Å²) in [5, 5.41) is 19.5. The number of halogens is 6. The van der Waals surface area contributed by atoms with Gasteiger partial charge in [0.1, 0.15) is 11.5 Å². The standard InChI is InChI=1S/C18H16F6O2/c1-7-9(3)15(11(5-13(7)25)17(19,20)21)16-10(4)8(2)14(26)6-12(16)18(22,23)24/h5-6,25-26H,1-4H3. The minimum Gasteiger partial charge on any atom is -0.508 e. The first-order valence-electron chi connectivity index (χ1n) is 7.49. The van der Waals surface area contributed by atoms with Gasteiger partial charge >= 0.3 is 12.4 Å². The minimum atomic E-state index is -4.98. The number of phenolic OH excluding ortho intramolecular Hbond substituents is 2. The van der Waals surface area contributed by atoms with Gasteiger partial charge in [-0.3, -0.25) is 0 Å². The summed E-state index contributed by atoms with van der Waals surface area (Å²) in [5.74, 6) is -1.31. The molecule has 0 amide bonds. The molecule has 0 saturated heterocycles. The SMILES string of the molecule is Cc1c(O)cc(C(F)(F)F)c(-c2c(C(F)(F)F)cc(O)c(C)c2C)c1C. The number of alkyl halides is 6. The van der Waals surface area contributed by atoms with E-state index < -0.39 is 46.1 Å². The molecule has 0 aromatic heterocycles. The van der Waals surface area contributed by atoms with Crippen LogP contribution in [0.4, 0.5) is 26.3 Å². The van der Waals surface area contributed by atoms with Crippen LogP contribution in [0.25, 0.3) is 11.1 Å². The fourth-order valence-corrected chi connectivity index (χ4v) is 2.89. The van der Waals surface area contributed by atoms with Crippen LogP contribution in [0.1, 0.15) is 33.4 Å². The molecule has 0 fully saturated rings.